The van der Waals surface area contributed by atoms with Gasteiger partial charge in [-0.3, -0.25) is 14.4 Å². The molecule has 0 unspecified atom stereocenters. The molecule has 0 spiro atoms. The van der Waals surface area contributed by atoms with Crippen LogP contribution in [0.25, 0.3) is 0 Å². The molecule has 2 rings (SSSR count). The Kier molecular flexibility index (Phi) is 8.67. The number of carbonyl (C=O) groups excluding carboxylic acids is 4. The highest BCUT2D eigenvalue weighted by molar-refractivity contribution is 5.85. The molecule has 2 heterocycles. The molecule has 176 valence electrons. The van der Waals surface area contributed by atoms with Crippen molar-refractivity contribution in [3.05, 3.63) is 0 Å². The third-order valence-electron chi connectivity index (χ3n) is 5.21. The number of nitrogens with zero attached hydrogens (tertiary/aromatic N) is 3. The van der Waals surface area contributed by atoms with Crippen LogP contribution >= 0.6 is 0 Å². The molecule has 0 radical (unpaired) electrons. The maximum absolute atomic E-state index is 12.5. The van der Waals surface area contributed by atoms with E-state index in [4.69, 9.17) is 14.2 Å². The van der Waals surface area contributed by atoms with Crippen LogP contribution in [0.4, 0.5) is 4.79 Å². The Bertz CT molecular complexity index is 662. The third kappa shape index (κ3) is 7.68. The molecule has 2 aliphatic heterocycles. The summed E-state index contributed by atoms with van der Waals surface area (Å²) >= 11 is 0. The predicted octanol–water partition coefficient (Wildman–Crippen LogP) is 0.882. The number of rotatable bonds is 7. The van der Waals surface area contributed by atoms with E-state index in [1.807, 2.05) is 0 Å². The van der Waals surface area contributed by atoms with E-state index in [0.29, 0.717) is 45.6 Å². The second kappa shape index (κ2) is 10.8. The van der Waals surface area contributed by atoms with Crippen molar-refractivity contribution in [3.63, 3.8) is 0 Å². The number of carbonyl (C=O) groups is 4. The summed E-state index contributed by atoms with van der Waals surface area (Å²) in [6.07, 6.45) is 0.526. The topological polar surface area (TPSA) is 106 Å². The monoisotopic (exact) mass is 441 g/mol. The van der Waals surface area contributed by atoms with Crippen molar-refractivity contribution in [2.24, 2.45) is 5.92 Å². The van der Waals surface area contributed by atoms with Gasteiger partial charge in [0.1, 0.15) is 12.2 Å². The normalized spacial score (nSPS) is 17.7. The van der Waals surface area contributed by atoms with E-state index in [9.17, 15) is 19.2 Å². The highest BCUT2D eigenvalue weighted by Gasteiger charge is 2.35. The Balaban J connectivity index is 1.64. The summed E-state index contributed by atoms with van der Waals surface area (Å²) in [5, 5.41) is 0. The van der Waals surface area contributed by atoms with Gasteiger partial charge in [-0.15, -0.1) is 0 Å². The lowest BCUT2D eigenvalue weighted by molar-refractivity contribution is -0.151. The number of ether oxygens (including phenoxy) is 3. The first-order valence-electron chi connectivity index (χ1n) is 10.8. The Morgan fingerprint density at radius 2 is 1.65 bits per heavy atom. The van der Waals surface area contributed by atoms with E-state index >= 15 is 0 Å². The van der Waals surface area contributed by atoms with Crippen LogP contribution in [0.3, 0.4) is 0 Å². The first-order valence-corrected chi connectivity index (χ1v) is 10.8. The fraction of sp³-hybridized carbons (Fsp3) is 0.810. The summed E-state index contributed by atoms with van der Waals surface area (Å²) in [5.74, 6) is -0.830. The quantitative estimate of drug-likeness (QED) is 0.540. The van der Waals surface area contributed by atoms with Crippen LogP contribution in [0.15, 0.2) is 0 Å². The first-order chi connectivity index (χ1) is 14.5. The second-order valence-corrected chi connectivity index (χ2v) is 8.98. The van der Waals surface area contributed by atoms with Crippen molar-refractivity contribution in [2.45, 2.75) is 52.2 Å². The third-order valence-corrected chi connectivity index (χ3v) is 5.21. The molecular formula is C21H35N3O7. The molecule has 10 heteroatoms. The van der Waals surface area contributed by atoms with Gasteiger partial charge >= 0.3 is 12.1 Å². The summed E-state index contributed by atoms with van der Waals surface area (Å²) in [6.45, 7) is 9.04. The van der Waals surface area contributed by atoms with E-state index < -0.39 is 11.7 Å². The first kappa shape index (κ1) is 24.9. The van der Waals surface area contributed by atoms with Gasteiger partial charge < -0.3 is 28.9 Å². The molecule has 31 heavy (non-hydrogen) atoms. The van der Waals surface area contributed by atoms with Gasteiger partial charge in [0.25, 0.3) is 0 Å². The van der Waals surface area contributed by atoms with Crippen LogP contribution in [0, 0.1) is 5.92 Å². The Hall–Kier alpha value is -2.36. The fourth-order valence-corrected chi connectivity index (χ4v) is 3.33. The molecule has 2 fully saturated rings. The van der Waals surface area contributed by atoms with Gasteiger partial charge in [-0.05, 0) is 40.5 Å². The maximum atomic E-state index is 12.5. The van der Waals surface area contributed by atoms with Gasteiger partial charge in [-0.1, -0.05) is 0 Å². The molecule has 0 aromatic carbocycles. The lowest BCUT2D eigenvalue weighted by atomic mass is 9.97. The molecule has 0 aromatic rings. The van der Waals surface area contributed by atoms with E-state index in [1.165, 1.54) is 9.80 Å². The number of hydrogen-bond acceptors (Lipinski definition) is 7. The van der Waals surface area contributed by atoms with Crippen molar-refractivity contribution in [1.82, 2.24) is 14.7 Å². The van der Waals surface area contributed by atoms with Crippen LogP contribution in [-0.2, 0) is 28.6 Å². The van der Waals surface area contributed by atoms with E-state index in [0.717, 1.165) is 0 Å². The number of piperidine rings is 1. The van der Waals surface area contributed by atoms with Crippen LogP contribution < -0.4 is 0 Å². The SMILES string of the molecule is CCOC(=O)C1CCN(C(=O)CN(C)C(=O)COC2CN(C(=O)OC(C)(C)C)C2)CC1. The van der Waals surface area contributed by atoms with Crippen LogP contribution in [-0.4, -0.2) is 103 Å². The van der Waals surface area contributed by atoms with Crippen molar-refractivity contribution in [1.29, 1.82) is 0 Å². The molecule has 10 nitrogen and oxygen atoms in total. The van der Waals surface area contributed by atoms with Gasteiger partial charge in [0.15, 0.2) is 0 Å². The summed E-state index contributed by atoms with van der Waals surface area (Å²) in [4.78, 5) is 53.0. The summed E-state index contributed by atoms with van der Waals surface area (Å²) in [7, 11) is 1.56. The van der Waals surface area contributed by atoms with Crippen molar-refractivity contribution in [3.8, 4) is 0 Å². The Morgan fingerprint density at radius 1 is 1.03 bits per heavy atom. The molecular weight excluding hydrogens is 406 g/mol. The summed E-state index contributed by atoms with van der Waals surface area (Å²) in [5.41, 5.74) is -0.553. The number of likely N-dealkylation sites (tertiary alicyclic amines) is 2. The molecule has 0 aliphatic carbocycles. The number of hydrogen-bond donors (Lipinski definition) is 0. The van der Waals surface area contributed by atoms with Crippen LogP contribution in [0.5, 0.6) is 0 Å². The van der Waals surface area contributed by atoms with Crippen molar-refractivity contribution in [2.75, 3.05) is 53.0 Å². The number of esters is 1. The zero-order chi connectivity index (χ0) is 23.2. The van der Waals surface area contributed by atoms with Gasteiger partial charge in [0.05, 0.1) is 38.3 Å². The molecule has 3 amide bonds. The largest absolute Gasteiger partial charge is 0.466 e. The molecule has 0 aromatic heterocycles. The lowest BCUT2D eigenvalue weighted by Gasteiger charge is -2.39. The molecule has 0 N–H and O–H groups in total. The number of amides is 3. The number of likely N-dealkylation sites (N-methyl/N-ethyl adjacent to an activating group) is 1. The molecule has 2 saturated heterocycles. The minimum Gasteiger partial charge on any atom is -0.466 e. The van der Waals surface area contributed by atoms with Gasteiger partial charge in [-0.25, -0.2) is 4.79 Å². The molecule has 0 saturated carbocycles. The van der Waals surface area contributed by atoms with E-state index in [1.54, 1.807) is 39.6 Å². The predicted molar refractivity (Wildman–Crippen MR) is 111 cm³/mol. The van der Waals surface area contributed by atoms with Crippen LogP contribution in [0.2, 0.25) is 0 Å². The minimum absolute atomic E-state index is 0.0407. The Morgan fingerprint density at radius 3 is 2.19 bits per heavy atom. The second-order valence-electron chi connectivity index (χ2n) is 8.98. The maximum Gasteiger partial charge on any atom is 0.410 e. The average Bonchev–Trinajstić information content (AvgIpc) is 2.65. The van der Waals surface area contributed by atoms with Gasteiger partial charge in [-0.2, -0.15) is 0 Å². The highest BCUT2D eigenvalue weighted by Crippen LogP contribution is 2.19. The lowest BCUT2D eigenvalue weighted by Crippen LogP contribution is -2.56. The van der Waals surface area contributed by atoms with Crippen molar-refractivity contribution >= 4 is 23.9 Å². The van der Waals surface area contributed by atoms with Gasteiger partial charge in [0.2, 0.25) is 11.8 Å². The van der Waals surface area contributed by atoms with Crippen molar-refractivity contribution < 1.29 is 33.4 Å². The minimum atomic E-state index is -0.553. The van der Waals surface area contributed by atoms with E-state index in [2.05, 4.69) is 0 Å². The molecule has 2 aliphatic rings. The zero-order valence-electron chi connectivity index (χ0n) is 19.2. The smallest absolute Gasteiger partial charge is 0.410 e. The van der Waals surface area contributed by atoms with Crippen LogP contribution in [0.1, 0.15) is 40.5 Å². The summed E-state index contributed by atoms with van der Waals surface area (Å²) < 4.78 is 15.9. The Labute approximate surface area is 183 Å². The molecule has 0 atom stereocenters. The summed E-state index contributed by atoms with van der Waals surface area (Å²) in [6, 6.07) is 0. The fourth-order valence-electron chi connectivity index (χ4n) is 3.33. The average molecular weight is 442 g/mol. The van der Waals surface area contributed by atoms with Gasteiger partial charge in [0, 0.05) is 20.1 Å². The van der Waals surface area contributed by atoms with E-state index in [-0.39, 0.29) is 43.0 Å². The zero-order valence-corrected chi connectivity index (χ0v) is 19.2. The highest BCUT2D eigenvalue weighted by atomic mass is 16.6. The molecule has 0 bridgehead atoms. The standard InChI is InChI=1S/C21H35N3O7/c1-6-29-19(27)15-7-9-23(10-8-15)17(25)13-22(5)18(26)14-30-16-11-24(12-16)20(28)31-21(2,3)4/h15-16H,6-14H2,1-5H3.